The SMILES string of the molecule is Cc1cc(=O)n2nc(N(C)CC(=O)NCc3ccc4c(c3)OCO4)sc2n1. The number of nitrogens with zero attached hydrogens (tertiary/aromatic N) is 4. The molecule has 0 aliphatic carbocycles. The Morgan fingerprint density at radius 3 is 3.00 bits per heavy atom. The van der Waals surface area contributed by atoms with Crippen molar-refractivity contribution in [3.05, 3.63) is 45.9 Å². The highest BCUT2D eigenvalue weighted by atomic mass is 32.1. The molecule has 3 aromatic rings. The number of carbonyl (C=O) groups is 1. The van der Waals surface area contributed by atoms with E-state index < -0.39 is 0 Å². The molecule has 10 heteroatoms. The van der Waals surface area contributed by atoms with Crippen molar-refractivity contribution in [3.8, 4) is 11.5 Å². The molecule has 3 heterocycles. The number of carbonyl (C=O) groups excluding carboxylic acids is 1. The summed E-state index contributed by atoms with van der Waals surface area (Å²) < 4.78 is 11.8. The maximum Gasteiger partial charge on any atom is 0.275 e. The molecular formula is C17H17N5O4S. The maximum atomic E-state index is 12.3. The molecule has 0 saturated heterocycles. The first-order valence-corrected chi connectivity index (χ1v) is 9.05. The number of hydrogen-bond donors (Lipinski definition) is 1. The van der Waals surface area contributed by atoms with Crippen molar-refractivity contribution >= 4 is 27.3 Å². The number of hydrogen-bond acceptors (Lipinski definition) is 8. The summed E-state index contributed by atoms with van der Waals surface area (Å²) in [5.41, 5.74) is 1.32. The summed E-state index contributed by atoms with van der Waals surface area (Å²) >= 11 is 1.26. The normalized spacial score (nSPS) is 12.4. The summed E-state index contributed by atoms with van der Waals surface area (Å²) in [4.78, 5) is 30.7. The van der Waals surface area contributed by atoms with Crippen LogP contribution in [0.3, 0.4) is 0 Å². The van der Waals surface area contributed by atoms with E-state index in [4.69, 9.17) is 9.47 Å². The molecule has 0 atom stereocenters. The van der Waals surface area contributed by atoms with Gasteiger partial charge >= 0.3 is 0 Å². The third-order valence-electron chi connectivity index (χ3n) is 4.00. The van der Waals surface area contributed by atoms with Crippen LogP contribution in [-0.2, 0) is 11.3 Å². The van der Waals surface area contributed by atoms with Gasteiger partial charge in [0.2, 0.25) is 22.8 Å². The molecule has 1 N–H and O–H groups in total. The Morgan fingerprint density at radius 1 is 1.33 bits per heavy atom. The van der Waals surface area contributed by atoms with Crippen LogP contribution in [0, 0.1) is 6.92 Å². The molecule has 4 rings (SSSR count). The van der Waals surface area contributed by atoms with Gasteiger partial charge in [-0.1, -0.05) is 17.4 Å². The molecule has 9 nitrogen and oxygen atoms in total. The molecule has 140 valence electrons. The van der Waals surface area contributed by atoms with E-state index in [0.717, 1.165) is 5.56 Å². The van der Waals surface area contributed by atoms with E-state index in [-0.39, 0.29) is 24.8 Å². The van der Waals surface area contributed by atoms with E-state index in [0.29, 0.717) is 33.8 Å². The van der Waals surface area contributed by atoms with Crippen LogP contribution < -0.4 is 25.2 Å². The first-order valence-electron chi connectivity index (χ1n) is 8.23. The molecule has 27 heavy (non-hydrogen) atoms. The minimum Gasteiger partial charge on any atom is -0.454 e. The lowest BCUT2D eigenvalue weighted by atomic mass is 10.2. The first-order chi connectivity index (χ1) is 13.0. The Kier molecular flexibility index (Phi) is 4.40. The zero-order valence-electron chi connectivity index (χ0n) is 14.8. The van der Waals surface area contributed by atoms with Gasteiger partial charge in [0, 0.05) is 25.4 Å². The van der Waals surface area contributed by atoms with Crippen LogP contribution in [0.1, 0.15) is 11.3 Å². The molecule has 0 saturated carbocycles. The summed E-state index contributed by atoms with van der Waals surface area (Å²) in [6, 6.07) is 6.98. The highest BCUT2D eigenvalue weighted by Crippen LogP contribution is 2.32. The van der Waals surface area contributed by atoms with E-state index in [1.807, 2.05) is 18.2 Å². The third kappa shape index (κ3) is 3.56. The fourth-order valence-corrected chi connectivity index (χ4v) is 3.57. The molecule has 0 bridgehead atoms. The Morgan fingerprint density at radius 2 is 2.15 bits per heavy atom. The quantitative estimate of drug-likeness (QED) is 0.696. The molecule has 0 spiro atoms. The lowest BCUT2D eigenvalue weighted by Gasteiger charge is -2.14. The van der Waals surface area contributed by atoms with Crippen LogP contribution in [0.5, 0.6) is 11.5 Å². The van der Waals surface area contributed by atoms with Gasteiger partial charge in [0.1, 0.15) is 0 Å². The van der Waals surface area contributed by atoms with Crippen LogP contribution >= 0.6 is 11.3 Å². The van der Waals surface area contributed by atoms with Crippen LogP contribution in [0.4, 0.5) is 5.13 Å². The number of fused-ring (bicyclic) bond motifs is 2. The molecule has 1 aliphatic rings. The standard InChI is InChI=1S/C17H17N5O4S/c1-10-5-15(24)22-16(19-10)27-17(20-22)21(2)8-14(23)18-7-11-3-4-12-13(6-11)26-9-25-12/h3-6H,7-9H2,1-2H3,(H,18,23). The second kappa shape index (κ2) is 6.88. The van der Waals surface area contributed by atoms with Crippen molar-refractivity contribution < 1.29 is 14.3 Å². The van der Waals surface area contributed by atoms with Gasteiger partial charge in [-0.2, -0.15) is 4.52 Å². The summed E-state index contributed by atoms with van der Waals surface area (Å²) in [6.07, 6.45) is 0. The smallest absolute Gasteiger partial charge is 0.275 e. The molecule has 0 radical (unpaired) electrons. The Bertz CT molecular complexity index is 1080. The number of likely N-dealkylation sites (N-methyl/N-ethyl adjacent to an activating group) is 1. The minimum atomic E-state index is -0.236. The average Bonchev–Trinajstić information content (AvgIpc) is 3.26. The predicted molar refractivity (Wildman–Crippen MR) is 99.6 cm³/mol. The van der Waals surface area contributed by atoms with Gasteiger partial charge in [0.25, 0.3) is 5.56 Å². The zero-order valence-corrected chi connectivity index (χ0v) is 15.6. The van der Waals surface area contributed by atoms with E-state index >= 15 is 0 Å². The number of aromatic nitrogens is 3. The van der Waals surface area contributed by atoms with Gasteiger partial charge in [0.15, 0.2) is 11.5 Å². The van der Waals surface area contributed by atoms with Gasteiger partial charge in [-0.25, -0.2) is 4.98 Å². The number of anilines is 1. The monoisotopic (exact) mass is 387 g/mol. The molecular weight excluding hydrogens is 370 g/mol. The second-order valence-corrected chi connectivity index (χ2v) is 7.07. The fourth-order valence-electron chi connectivity index (χ4n) is 2.66. The number of amides is 1. The van der Waals surface area contributed by atoms with Gasteiger partial charge in [-0.15, -0.1) is 5.10 Å². The third-order valence-corrected chi connectivity index (χ3v) is 5.02. The van der Waals surface area contributed by atoms with Crippen LogP contribution in [0.25, 0.3) is 4.96 Å². The average molecular weight is 387 g/mol. The minimum absolute atomic E-state index is 0.109. The topological polar surface area (TPSA) is 98.1 Å². The van der Waals surface area contributed by atoms with Crippen LogP contribution in [-0.4, -0.2) is 40.9 Å². The summed E-state index contributed by atoms with van der Waals surface area (Å²) in [7, 11) is 1.75. The molecule has 1 amide bonds. The van der Waals surface area contributed by atoms with Gasteiger partial charge in [0.05, 0.1) is 6.54 Å². The van der Waals surface area contributed by atoms with E-state index in [2.05, 4.69) is 15.4 Å². The van der Waals surface area contributed by atoms with Crippen LogP contribution in [0.15, 0.2) is 29.1 Å². The maximum absolute atomic E-state index is 12.3. The zero-order chi connectivity index (χ0) is 19.0. The molecule has 0 fully saturated rings. The van der Waals surface area contributed by atoms with Crippen LogP contribution in [0.2, 0.25) is 0 Å². The molecule has 2 aromatic heterocycles. The largest absolute Gasteiger partial charge is 0.454 e. The molecule has 0 unspecified atom stereocenters. The molecule has 1 aromatic carbocycles. The van der Waals surface area contributed by atoms with E-state index in [9.17, 15) is 9.59 Å². The highest BCUT2D eigenvalue weighted by molar-refractivity contribution is 7.20. The Labute approximate surface area is 158 Å². The van der Waals surface area contributed by atoms with Crippen molar-refractivity contribution in [2.24, 2.45) is 0 Å². The summed E-state index contributed by atoms with van der Waals surface area (Å²) in [5.74, 6) is 1.23. The highest BCUT2D eigenvalue weighted by Gasteiger charge is 2.16. The fraction of sp³-hybridized carbons (Fsp3) is 0.294. The molecule has 1 aliphatic heterocycles. The lowest BCUT2D eigenvalue weighted by Crippen LogP contribution is -2.34. The number of aryl methyl sites for hydroxylation is 1. The van der Waals surface area contributed by atoms with E-state index in [1.165, 1.54) is 21.9 Å². The van der Waals surface area contributed by atoms with E-state index in [1.54, 1.807) is 18.9 Å². The second-order valence-electron chi connectivity index (χ2n) is 6.14. The van der Waals surface area contributed by atoms with Crippen molar-refractivity contribution in [1.29, 1.82) is 0 Å². The van der Waals surface area contributed by atoms with Crippen molar-refractivity contribution in [2.45, 2.75) is 13.5 Å². The summed E-state index contributed by atoms with van der Waals surface area (Å²) in [6.45, 7) is 2.46. The Balaban J connectivity index is 1.39. The number of benzene rings is 1. The first kappa shape index (κ1) is 17.3. The number of nitrogens with one attached hydrogen (secondary N) is 1. The van der Waals surface area contributed by atoms with Gasteiger partial charge in [-0.05, 0) is 24.6 Å². The Hall–Kier alpha value is -3.14. The van der Waals surface area contributed by atoms with Crippen molar-refractivity contribution in [1.82, 2.24) is 19.9 Å². The summed E-state index contributed by atoms with van der Waals surface area (Å²) in [5, 5.41) is 7.65. The van der Waals surface area contributed by atoms with Gasteiger partial charge < -0.3 is 19.7 Å². The van der Waals surface area contributed by atoms with Gasteiger partial charge in [-0.3, -0.25) is 9.59 Å². The lowest BCUT2D eigenvalue weighted by molar-refractivity contribution is -0.119. The van der Waals surface area contributed by atoms with Crippen molar-refractivity contribution in [3.63, 3.8) is 0 Å². The number of ether oxygens (including phenoxy) is 2. The number of rotatable bonds is 5. The van der Waals surface area contributed by atoms with Crippen molar-refractivity contribution in [2.75, 3.05) is 25.3 Å². The predicted octanol–water partition coefficient (Wildman–Crippen LogP) is 0.941.